The van der Waals surface area contributed by atoms with E-state index in [1.807, 2.05) is 31.2 Å². The number of amides is 2. The number of aryl methyl sites for hydroxylation is 1. The molecule has 0 spiro atoms. The van der Waals surface area contributed by atoms with E-state index in [4.69, 9.17) is 11.6 Å². The third-order valence-corrected chi connectivity index (χ3v) is 8.19. The molecule has 9 heteroatoms. The number of anilines is 1. The fourth-order valence-corrected chi connectivity index (χ4v) is 5.44. The molecule has 3 aromatic carbocycles. The van der Waals surface area contributed by atoms with Crippen molar-refractivity contribution >= 4 is 39.1 Å². The van der Waals surface area contributed by atoms with Crippen molar-refractivity contribution in [1.29, 1.82) is 0 Å². The molecule has 3 rings (SSSR count). The highest BCUT2D eigenvalue weighted by Gasteiger charge is 2.33. The summed E-state index contributed by atoms with van der Waals surface area (Å²) in [6, 6.07) is 19.6. The Hall–Kier alpha value is -3.36. The van der Waals surface area contributed by atoms with Gasteiger partial charge in [-0.3, -0.25) is 13.9 Å². The van der Waals surface area contributed by atoms with Gasteiger partial charge in [-0.15, -0.1) is 0 Å². The number of carbonyl (C=O) groups excluding carboxylic acids is 2. The summed E-state index contributed by atoms with van der Waals surface area (Å²) < 4.78 is 28.5. The molecule has 1 atom stereocenters. The number of hydrogen-bond donors (Lipinski definition) is 1. The zero-order valence-corrected chi connectivity index (χ0v) is 22.3. The normalized spacial score (nSPS) is 12.0. The minimum Gasteiger partial charge on any atom is -0.357 e. The topological polar surface area (TPSA) is 86.8 Å². The Bertz CT molecular complexity index is 1330. The Morgan fingerprint density at radius 1 is 0.944 bits per heavy atom. The molecule has 0 fully saturated rings. The molecule has 0 aliphatic heterocycles. The fraction of sp³-hybridized carbons (Fsp3) is 0.259. The second-order valence-corrected chi connectivity index (χ2v) is 10.8. The smallest absolute Gasteiger partial charge is 0.264 e. The second kappa shape index (κ2) is 11.6. The minimum absolute atomic E-state index is 0.0432. The first kappa shape index (κ1) is 27.2. The molecule has 0 saturated carbocycles. The lowest BCUT2D eigenvalue weighted by Crippen LogP contribution is -2.50. The van der Waals surface area contributed by atoms with Crippen molar-refractivity contribution in [1.82, 2.24) is 10.2 Å². The van der Waals surface area contributed by atoms with Crippen molar-refractivity contribution in [2.75, 3.05) is 17.9 Å². The van der Waals surface area contributed by atoms with Gasteiger partial charge < -0.3 is 10.2 Å². The van der Waals surface area contributed by atoms with E-state index >= 15 is 0 Å². The third kappa shape index (κ3) is 6.06. The number of sulfonamides is 1. The first-order valence-corrected chi connectivity index (χ1v) is 13.3. The molecule has 190 valence electrons. The number of hydrogen-bond acceptors (Lipinski definition) is 4. The molecule has 0 aliphatic carbocycles. The van der Waals surface area contributed by atoms with E-state index in [1.165, 1.54) is 24.1 Å². The molecule has 0 bridgehead atoms. The van der Waals surface area contributed by atoms with Crippen molar-refractivity contribution in [3.05, 3.63) is 94.5 Å². The Kier molecular flexibility index (Phi) is 8.76. The van der Waals surface area contributed by atoms with E-state index in [9.17, 15) is 18.0 Å². The summed E-state index contributed by atoms with van der Waals surface area (Å²) in [5.41, 5.74) is 2.70. The highest BCUT2D eigenvalue weighted by Crippen LogP contribution is 2.31. The summed E-state index contributed by atoms with van der Waals surface area (Å²) >= 11 is 6.31. The lowest BCUT2D eigenvalue weighted by Gasteiger charge is -2.32. The molecular weight excluding hydrogens is 498 g/mol. The van der Waals surface area contributed by atoms with Gasteiger partial charge in [0.05, 0.1) is 10.6 Å². The summed E-state index contributed by atoms with van der Waals surface area (Å²) in [5.74, 6) is -0.877. The Morgan fingerprint density at radius 3 is 2.19 bits per heavy atom. The molecule has 1 unspecified atom stereocenters. The van der Waals surface area contributed by atoms with Crippen molar-refractivity contribution in [3.8, 4) is 0 Å². The van der Waals surface area contributed by atoms with E-state index in [-0.39, 0.29) is 17.3 Å². The number of carbonyl (C=O) groups is 2. The first-order chi connectivity index (χ1) is 17.1. The molecule has 3 aromatic rings. The monoisotopic (exact) mass is 527 g/mol. The molecule has 7 nitrogen and oxygen atoms in total. The standard InChI is InChI=1S/C27H30ClN3O4S/c1-19-13-15-22(16-14-19)17-30(21(3)27(33)29-4)26(32)18-31(25-12-8-11-24(28)20(25)2)36(34,35)23-9-6-5-7-10-23/h5-16,21H,17-18H2,1-4H3,(H,29,33). The molecular formula is C27H30ClN3O4S. The number of benzene rings is 3. The first-order valence-electron chi connectivity index (χ1n) is 11.5. The van der Waals surface area contributed by atoms with E-state index in [0.29, 0.717) is 16.3 Å². The number of halogens is 1. The van der Waals surface area contributed by atoms with Gasteiger partial charge in [0, 0.05) is 18.6 Å². The van der Waals surface area contributed by atoms with Crippen LogP contribution in [0, 0.1) is 13.8 Å². The van der Waals surface area contributed by atoms with Crippen LogP contribution in [0.5, 0.6) is 0 Å². The van der Waals surface area contributed by atoms with Crippen LogP contribution < -0.4 is 9.62 Å². The molecule has 0 saturated heterocycles. The van der Waals surface area contributed by atoms with Crippen LogP contribution >= 0.6 is 11.6 Å². The van der Waals surface area contributed by atoms with Gasteiger partial charge in [-0.1, -0.05) is 65.7 Å². The van der Waals surface area contributed by atoms with Crippen LogP contribution in [0.2, 0.25) is 5.02 Å². The van der Waals surface area contributed by atoms with Gasteiger partial charge in [-0.2, -0.15) is 0 Å². The Balaban J connectivity index is 2.06. The molecule has 0 aromatic heterocycles. The van der Waals surface area contributed by atoms with Crippen LogP contribution in [0.1, 0.15) is 23.6 Å². The quantitative estimate of drug-likeness (QED) is 0.449. The number of rotatable bonds is 9. The maximum absolute atomic E-state index is 13.7. The van der Waals surface area contributed by atoms with Crippen LogP contribution in [0.15, 0.2) is 77.7 Å². The van der Waals surface area contributed by atoms with Crippen molar-refractivity contribution < 1.29 is 18.0 Å². The largest absolute Gasteiger partial charge is 0.357 e. The van der Waals surface area contributed by atoms with Gasteiger partial charge in [0.1, 0.15) is 12.6 Å². The van der Waals surface area contributed by atoms with E-state index < -0.39 is 28.5 Å². The summed E-state index contributed by atoms with van der Waals surface area (Å²) in [5, 5.41) is 2.95. The highest BCUT2D eigenvalue weighted by atomic mass is 35.5. The fourth-order valence-electron chi connectivity index (χ4n) is 3.78. The third-order valence-electron chi connectivity index (χ3n) is 6.01. The van der Waals surface area contributed by atoms with Gasteiger partial charge in [0.25, 0.3) is 10.0 Å². The molecule has 36 heavy (non-hydrogen) atoms. The van der Waals surface area contributed by atoms with Gasteiger partial charge in [0.2, 0.25) is 11.8 Å². The van der Waals surface area contributed by atoms with Crippen LogP contribution in [-0.2, 0) is 26.2 Å². The number of nitrogens with one attached hydrogen (secondary N) is 1. The van der Waals surface area contributed by atoms with Crippen LogP contribution in [0.25, 0.3) is 0 Å². The predicted molar refractivity (Wildman–Crippen MR) is 142 cm³/mol. The van der Waals surface area contributed by atoms with Gasteiger partial charge in [-0.25, -0.2) is 8.42 Å². The number of likely N-dealkylation sites (N-methyl/N-ethyl adjacent to an activating group) is 1. The van der Waals surface area contributed by atoms with Crippen molar-refractivity contribution in [3.63, 3.8) is 0 Å². The molecule has 0 radical (unpaired) electrons. The maximum Gasteiger partial charge on any atom is 0.264 e. The lowest BCUT2D eigenvalue weighted by molar-refractivity contribution is -0.139. The summed E-state index contributed by atoms with van der Waals surface area (Å²) in [6.45, 7) is 4.91. The van der Waals surface area contributed by atoms with Gasteiger partial charge >= 0.3 is 0 Å². The molecule has 0 aliphatic rings. The average Bonchev–Trinajstić information content (AvgIpc) is 2.88. The highest BCUT2D eigenvalue weighted by molar-refractivity contribution is 7.92. The minimum atomic E-state index is -4.13. The summed E-state index contributed by atoms with van der Waals surface area (Å²) in [6.07, 6.45) is 0. The predicted octanol–water partition coefficient (Wildman–Crippen LogP) is 4.32. The molecule has 2 amide bonds. The maximum atomic E-state index is 13.7. The summed E-state index contributed by atoms with van der Waals surface area (Å²) in [4.78, 5) is 27.7. The number of nitrogens with zero attached hydrogens (tertiary/aromatic N) is 2. The SMILES string of the molecule is CNC(=O)C(C)N(Cc1ccc(C)cc1)C(=O)CN(c1cccc(Cl)c1C)S(=O)(=O)c1ccccc1. The van der Waals surface area contributed by atoms with Crippen molar-refractivity contribution in [2.45, 2.75) is 38.3 Å². The lowest BCUT2D eigenvalue weighted by atomic mass is 10.1. The van der Waals surface area contributed by atoms with Crippen LogP contribution in [0.3, 0.4) is 0 Å². The second-order valence-electron chi connectivity index (χ2n) is 8.51. The van der Waals surface area contributed by atoms with E-state index in [1.54, 1.807) is 50.2 Å². The van der Waals surface area contributed by atoms with Crippen molar-refractivity contribution in [2.24, 2.45) is 0 Å². The van der Waals surface area contributed by atoms with E-state index in [2.05, 4.69) is 5.32 Å². The van der Waals surface area contributed by atoms with Gasteiger partial charge in [-0.05, 0) is 56.2 Å². The Morgan fingerprint density at radius 2 is 1.58 bits per heavy atom. The average molecular weight is 528 g/mol. The summed E-state index contributed by atoms with van der Waals surface area (Å²) in [7, 11) is -2.63. The molecule has 0 heterocycles. The van der Waals surface area contributed by atoms with E-state index in [0.717, 1.165) is 15.4 Å². The zero-order chi connectivity index (χ0) is 26.5. The zero-order valence-electron chi connectivity index (χ0n) is 20.7. The van der Waals surface area contributed by atoms with Crippen LogP contribution in [-0.4, -0.2) is 44.8 Å². The Labute approximate surface area is 217 Å². The van der Waals surface area contributed by atoms with Crippen LogP contribution in [0.4, 0.5) is 5.69 Å². The van der Waals surface area contributed by atoms with Gasteiger partial charge in [0.15, 0.2) is 0 Å². The molecule has 1 N–H and O–H groups in total.